The lowest BCUT2D eigenvalue weighted by Gasteiger charge is -2.03. The quantitative estimate of drug-likeness (QED) is 0.863. The molecule has 0 spiro atoms. The first-order valence-electron chi connectivity index (χ1n) is 5.84. The van der Waals surface area contributed by atoms with Crippen LogP contribution in [0.5, 0.6) is 0 Å². The highest BCUT2D eigenvalue weighted by Crippen LogP contribution is 2.15. The van der Waals surface area contributed by atoms with Gasteiger partial charge < -0.3 is 5.10 Å². The molecule has 0 atom stereocenters. The van der Waals surface area contributed by atoms with E-state index in [1.54, 1.807) is 0 Å². The van der Waals surface area contributed by atoms with Crippen LogP contribution in [0.4, 0.5) is 8.78 Å². The van der Waals surface area contributed by atoms with Crippen LogP contribution in [0.1, 0.15) is 30.2 Å². The van der Waals surface area contributed by atoms with Crippen LogP contribution in [0.2, 0.25) is 0 Å². The smallest absolute Gasteiger partial charge is 0.267 e. The van der Waals surface area contributed by atoms with Crippen LogP contribution in [0.15, 0.2) is 23.0 Å². The van der Waals surface area contributed by atoms with Crippen molar-refractivity contribution in [2.24, 2.45) is 0 Å². The Bertz CT molecular complexity index is 601. The molecule has 0 unspecified atom stereocenters. The molecule has 3 nitrogen and oxygen atoms in total. The fourth-order valence-electron chi connectivity index (χ4n) is 1.93. The SMILES string of the molecule is CCCc1[nH][nH]c(=O)c1Cc1ccc(F)cc1F. The number of nitrogens with one attached hydrogen (secondary N) is 2. The lowest BCUT2D eigenvalue weighted by atomic mass is 10.0. The van der Waals surface area contributed by atoms with Gasteiger partial charge >= 0.3 is 0 Å². The molecule has 5 heteroatoms. The van der Waals surface area contributed by atoms with Crippen molar-refractivity contribution < 1.29 is 8.78 Å². The van der Waals surface area contributed by atoms with E-state index in [0.29, 0.717) is 11.1 Å². The standard InChI is InChI=1S/C13H14F2N2O/c1-2-3-12-10(13(18)17-16-12)6-8-4-5-9(14)7-11(8)15/h4-5,7H,2-3,6H2,1H3,(H2,16,17,18). The lowest BCUT2D eigenvalue weighted by Crippen LogP contribution is -2.08. The number of halogens is 2. The zero-order valence-electron chi connectivity index (χ0n) is 10.0. The molecule has 0 bridgehead atoms. The maximum absolute atomic E-state index is 13.5. The van der Waals surface area contributed by atoms with Crippen molar-refractivity contribution >= 4 is 0 Å². The van der Waals surface area contributed by atoms with Gasteiger partial charge in [-0.3, -0.25) is 9.89 Å². The number of aromatic amines is 2. The van der Waals surface area contributed by atoms with Gasteiger partial charge in [0.25, 0.3) is 5.56 Å². The van der Waals surface area contributed by atoms with E-state index in [0.717, 1.165) is 24.6 Å². The molecule has 2 aromatic rings. The zero-order valence-corrected chi connectivity index (χ0v) is 10.0. The first-order chi connectivity index (χ1) is 8.61. The minimum absolute atomic E-state index is 0.167. The molecule has 2 rings (SSSR count). The summed E-state index contributed by atoms with van der Waals surface area (Å²) in [6.45, 7) is 1.99. The first kappa shape index (κ1) is 12.5. The van der Waals surface area contributed by atoms with E-state index in [-0.39, 0.29) is 12.0 Å². The average Bonchev–Trinajstić information content (AvgIpc) is 2.65. The van der Waals surface area contributed by atoms with Crippen molar-refractivity contribution in [3.63, 3.8) is 0 Å². The van der Waals surface area contributed by atoms with Crippen molar-refractivity contribution in [1.82, 2.24) is 10.2 Å². The summed E-state index contributed by atoms with van der Waals surface area (Å²) in [5.74, 6) is -1.24. The summed E-state index contributed by atoms with van der Waals surface area (Å²) < 4.78 is 26.3. The monoisotopic (exact) mass is 252 g/mol. The fourth-order valence-corrected chi connectivity index (χ4v) is 1.93. The molecule has 0 saturated carbocycles. The van der Waals surface area contributed by atoms with Crippen LogP contribution in [-0.4, -0.2) is 10.2 Å². The highest BCUT2D eigenvalue weighted by Gasteiger charge is 2.12. The van der Waals surface area contributed by atoms with Crippen LogP contribution in [0.25, 0.3) is 0 Å². The van der Waals surface area contributed by atoms with Gasteiger partial charge in [-0.1, -0.05) is 19.4 Å². The average molecular weight is 252 g/mol. The summed E-state index contributed by atoms with van der Waals surface area (Å²) in [5.41, 5.74) is 1.37. The van der Waals surface area contributed by atoms with E-state index >= 15 is 0 Å². The summed E-state index contributed by atoms with van der Waals surface area (Å²) in [6, 6.07) is 3.39. The summed E-state index contributed by atoms with van der Waals surface area (Å²) in [7, 11) is 0. The van der Waals surface area contributed by atoms with E-state index in [2.05, 4.69) is 10.2 Å². The summed E-state index contributed by atoms with van der Waals surface area (Å²) in [5, 5.41) is 5.29. The molecule has 0 fully saturated rings. The number of hydrogen-bond donors (Lipinski definition) is 2. The largest absolute Gasteiger partial charge is 0.302 e. The van der Waals surface area contributed by atoms with Crippen molar-refractivity contribution in [2.45, 2.75) is 26.2 Å². The topological polar surface area (TPSA) is 48.6 Å². The van der Waals surface area contributed by atoms with Crippen LogP contribution >= 0.6 is 0 Å². The molecule has 0 radical (unpaired) electrons. The molecule has 0 aliphatic carbocycles. The van der Waals surface area contributed by atoms with Gasteiger partial charge in [0.1, 0.15) is 11.6 Å². The second-order valence-electron chi connectivity index (χ2n) is 4.20. The Morgan fingerprint density at radius 2 is 2.00 bits per heavy atom. The lowest BCUT2D eigenvalue weighted by molar-refractivity contribution is 0.574. The van der Waals surface area contributed by atoms with Gasteiger partial charge in [0.05, 0.1) is 0 Å². The van der Waals surface area contributed by atoms with Crippen molar-refractivity contribution in [3.8, 4) is 0 Å². The summed E-state index contributed by atoms with van der Waals surface area (Å²) in [6.07, 6.45) is 1.77. The van der Waals surface area contributed by atoms with Gasteiger partial charge in [0.2, 0.25) is 0 Å². The second kappa shape index (κ2) is 5.16. The van der Waals surface area contributed by atoms with Gasteiger partial charge in [-0.05, 0) is 18.1 Å². The van der Waals surface area contributed by atoms with Crippen LogP contribution in [0.3, 0.4) is 0 Å². The molecular weight excluding hydrogens is 238 g/mol. The molecule has 0 saturated heterocycles. The van der Waals surface area contributed by atoms with Gasteiger partial charge in [0.15, 0.2) is 0 Å². The number of rotatable bonds is 4. The summed E-state index contributed by atoms with van der Waals surface area (Å²) in [4.78, 5) is 11.6. The fraction of sp³-hybridized carbons (Fsp3) is 0.308. The zero-order chi connectivity index (χ0) is 13.1. The van der Waals surface area contributed by atoms with Gasteiger partial charge in [0, 0.05) is 23.7 Å². The Balaban J connectivity index is 2.33. The van der Waals surface area contributed by atoms with E-state index < -0.39 is 11.6 Å². The molecule has 1 aromatic carbocycles. The van der Waals surface area contributed by atoms with Gasteiger partial charge in [-0.25, -0.2) is 8.78 Å². The minimum Gasteiger partial charge on any atom is -0.302 e. The van der Waals surface area contributed by atoms with E-state index in [1.165, 1.54) is 12.1 Å². The van der Waals surface area contributed by atoms with Crippen molar-refractivity contribution in [3.05, 3.63) is 57.0 Å². The van der Waals surface area contributed by atoms with Crippen molar-refractivity contribution in [2.75, 3.05) is 0 Å². The molecule has 18 heavy (non-hydrogen) atoms. The Morgan fingerprint density at radius 1 is 1.22 bits per heavy atom. The maximum atomic E-state index is 13.5. The predicted octanol–water partition coefficient (Wildman–Crippen LogP) is 2.52. The van der Waals surface area contributed by atoms with Crippen LogP contribution < -0.4 is 5.56 Å². The molecule has 96 valence electrons. The third kappa shape index (κ3) is 2.50. The first-order valence-corrected chi connectivity index (χ1v) is 5.84. The number of hydrogen-bond acceptors (Lipinski definition) is 1. The maximum Gasteiger partial charge on any atom is 0.267 e. The molecule has 1 heterocycles. The van der Waals surface area contributed by atoms with Crippen LogP contribution in [0, 0.1) is 11.6 Å². The Hall–Kier alpha value is -1.91. The second-order valence-corrected chi connectivity index (χ2v) is 4.20. The van der Waals surface area contributed by atoms with E-state index in [9.17, 15) is 13.6 Å². The molecular formula is C13H14F2N2O. The number of benzene rings is 1. The third-order valence-electron chi connectivity index (χ3n) is 2.85. The molecule has 2 N–H and O–H groups in total. The Labute approximate surface area is 103 Å². The highest BCUT2D eigenvalue weighted by molar-refractivity contribution is 5.28. The Kier molecular flexibility index (Phi) is 3.60. The van der Waals surface area contributed by atoms with Crippen LogP contribution in [-0.2, 0) is 12.8 Å². The van der Waals surface area contributed by atoms with Crippen molar-refractivity contribution in [1.29, 1.82) is 0 Å². The highest BCUT2D eigenvalue weighted by atomic mass is 19.1. The molecule has 0 aliphatic rings. The van der Waals surface area contributed by atoms with E-state index in [1.807, 2.05) is 6.92 Å². The number of aryl methyl sites for hydroxylation is 1. The number of aromatic nitrogens is 2. The predicted molar refractivity (Wildman–Crippen MR) is 64.6 cm³/mol. The van der Waals surface area contributed by atoms with Gasteiger partial charge in [-0.2, -0.15) is 0 Å². The molecule has 0 aliphatic heterocycles. The minimum atomic E-state index is -0.627. The Morgan fingerprint density at radius 3 is 2.67 bits per heavy atom. The number of H-pyrrole nitrogens is 2. The van der Waals surface area contributed by atoms with Gasteiger partial charge in [-0.15, -0.1) is 0 Å². The van der Waals surface area contributed by atoms with E-state index in [4.69, 9.17) is 0 Å². The summed E-state index contributed by atoms with van der Waals surface area (Å²) >= 11 is 0. The normalized spacial score (nSPS) is 10.8. The molecule has 1 aromatic heterocycles. The molecule has 0 amide bonds. The third-order valence-corrected chi connectivity index (χ3v) is 2.85.